The number of rotatable bonds is 3. The number of nitro benzene ring substituents is 1. The van der Waals surface area contributed by atoms with E-state index in [1.807, 2.05) is 18.2 Å². The maximum Gasteiger partial charge on any atom is 0.282 e. The first-order chi connectivity index (χ1) is 13.4. The molecule has 0 unspecified atom stereocenters. The van der Waals surface area contributed by atoms with Crippen molar-refractivity contribution in [3.8, 4) is 0 Å². The van der Waals surface area contributed by atoms with Gasteiger partial charge in [-0.2, -0.15) is 0 Å². The number of hydrogen-bond donors (Lipinski definition) is 0. The molecule has 0 saturated carbocycles. The molecule has 3 aromatic rings. The lowest BCUT2D eigenvalue weighted by atomic mass is 10.1. The first kappa shape index (κ1) is 18.9. The standard InChI is InChI=1S/C18H14Cl2N4O3S/c19-11-4-5-14(24(26)27)12(10-11)17(25)22-6-8-23(9-7-22)18-21-16-13(20)2-1-3-15(16)28-18/h1-5,10H,6-9H2. The summed E-state index contributed by atoms with van der Waals surface area (Å²) >= 11 is 13.7. The lowest BCUT2D eigenvalue weighted by Gasteiger charge is -2.34. The average Bonchev–Trinajstić information content (AvgIpc) is 3.13. The molecule has 7 nitrogen and oxygen atoms in total. The van der Waals surface area contributed by atoms with Crippen LogP contribution in [0.15, 0.2) is 36.4 Å². The van der Waals surface area contributed by atoms with Crippen molar-refractivity contribution in [2.24, 2.45) is 0 Å². The van der Waals surface area contributed by atoms with Crippen molar-refractivity contribution in [1.82, 2.24) is 9.88 Å². The maximum atomic E-state index is 12.8. The highest BCUT2D eigenvalue weighted by Gasteiger charge is 2.28. The molecule has 1 amide bonds. The number of nitrogens with zero attached hydrogens (tertiary/aromatic N) is 4. The number of halogens is 2. The van der Waals surface area contributed by atoms with E-state index >= 15 is 0 Å². The molecule has 0 N–H and O–H groups in total. The van der Waals surface area contributed by atoms with Crippen molar-refractivity contribution in [1.29, 1.82) is 0 Å². The molecule has 144 valence electrons. The SMILES string of the molecule is O=C(c1cc(Cl)ccc1[N+](=O)[O-])N1CCN(c2nc3c(Cl)cccc3s2)CC1. The number of fused-ring (bicyclic) bond motifs is 1. The first-order valence-electron chi connectivity index (χ1n) is 8.47. The molecule has 2 heterocycles. The van der Waals surface area contributed by atoms with Gasteiger partial charge in [-0.3, -0.25) is 14.9 Å². The van der Waals surface area contributed by atoms with Crippen LogP contribution in [0.4, 0.5) is 10.8 Å². The predicted octanol–water partition coefficient (Wildman–Crippen LogP) is 4.47. The van der Waals surface area contributed by atoms with Crippen molar-refractivity contribution in [2.45, 2.75) is 0 Å². The molecule has 10 heteroatoms. The van der Waals surface area contributed by atoms with Gasteiger partial charge >= 0.3 is 0 Å². The Bertz CT molecular complexity index is 1080. The van der Waals surface area contributed by atoms with Crippen molar-refractivity contribution in [2.75, 3.05) is 31.1 Å². The number of piperazine rings is 1. The third-order valence-electron chi connectivity index (χ3n) is 4.58. The third kappa shape index (κ3) is 3.50. The Morgan fingerprint density at radius 3 is 2.57 bits per heavy atom. The number of nitro groups is 1. The number of benzene rings is 2. The van der Waals surface area contributed by atoms with Gasteiger partial charge in [0.1, 0.15) is 11.1 Å². The summed E-state index contributed by atoms with van der Waals surface area (Å²) in [6.45, 7) is 2.04. The summed E-state index contributed by atoms with van der Waals surface area (Å²) in [5.74, 6) is -0.388. The smallest absolute Gasteiger partial charge is 0.282 e. The second kappa shape index (κ2) is 7.54. The molecule has 2 aromatic carbocycles. The molecule has 28 heavy (non-hydrogen) atoms. The predicted molar refractivity (Wildman–Crippen MR) is 111 cm³/mol. The van der Waals surface area contributed by atoms with E-state index in [1.54, 1.807) is 16.2 Å². The number of anilines is 1. The van der Waals surface area contributed by atoms with Gasteiger partial charge < -0.3 is 9.80 Å². The molecule has 0 spiro atoms. The molecule has 1 aliphatic rings. The Morgan fingerprint density at radius 2 is 1.89 bits per heavy atom. The van der Waals surface area contributed by atoms with E-state index in [0.29, 0.717) is 36.2 Å². The van der Waals surface area contributed by atoms with Crippen LogP contribution in [0.5, 0.6) is 0 Å². The van der Waals surface area contributed by atoms with E-state index in [-0.39, 0.29) is 17.2 Å². The Morgan fingerprint density at radius 1 is 1.14 bits per heavy atom. The van der Waals surface area contributed by atoms with Crippen molar-refractivity contribution in [3.05, 3.63) is 62.1 Å². The van der Waals surface area contributed by atoms with Gasteiger partial charge in [-0.05, 0) is 24.3 Å². The number of para-hydroxylation sites is 1. The zero-order chi connectivity index (χ0) is 19.8. The molecule has 1 saturated heterocycles. The number of amides is 1. The summed E-state index contributed by atoms with van der Waals surface area (Å²) in [6, 6.07) is 9.69. The first-order valence-corrected chi connectivity index (χ1v) is 10.0. The molecule has 4 rings (SSSR count). The van der Waals surface area contributed by atoms with Crippen molar-refractivity contribution in [3.63, 3.8) is 0 Å². The Labute approximate surface area is 174 Å². The van der Waals surface area contributed by atoms with Gasteiger partial charge in [-0.1, -0.05) is 40.6 Å². The van der Waals surface area contributed by atoms with Gasteiger partial charge in [0.2, 0.25) is 0 Å². The summed E-state index contributed by atoms with van der Waals surface area (Å²) in [4.78, 5) is 31.8. The van der Waals surface area contributed by atoms with Crippen LogP contribution in [-0.4, -0.2) is 46.9 Å². The minimum atomic E-state index is -0.565. The molecular formula is C18H14Cl2N4O3S. The van der Waals surface area contributed by atoms with Gasteiger partial charge in [-0.25, -0.2) is 4.98 Å². The molecule has 1 aromatic heterocycles. The lowest BCUT2D eigenvalue weighted by Crippen LogP contribution is -2.48. The minimum absolute atomic E-state index is 0.0118. The van der Waals surface area contributed by atoms with Crippen molar-refractivity contribution >= 4 is 61.5 Å². The van der Waals surface area contributed by atoms with E-state index < -0.39 is 4.92 Å². The van der Waals surface area contributed by atoms with Crippen LogP contribution < -0.4 is 4.90 Å². The van der Waals surface area contributed by atoms with E-state index in [0.717, 1.165) is 15.3 Å². The maximum absolute atomic E-state index is 12.8. The second-order valence-electron chi connectivity index (χ2n) is 6.28. The summed E-state index contributed by atoms with van der Waals surface area (Å²) in [7, 11) is 0. The molecule has 0 bridgehead atoms. The highest BCUT2D eigenvalue weighted by atomic mass is 35.5. The monoisotopic (exact) mass is 436 g/mol. The summed E-state index contributed by atoms with van der Waals surface area (Å²) in [6.07, 6.45) is 0. The van der Waals surface area contributed by atoms with Gasteiger partial charge in [0.25, 0.3) is 11.6 Å². The van der Waals surface area contributed by atoms with Crippen LogP contribution >= 0.6 is 34.5 Å². The summed E-state index contributed by atoms with van der Waals surface area (Å²) in [5.41, 5.74) is 0.549. The zero-order valence-corrected chi connectivity index (χ0v) is 16.8. The number of carbonyl (C=O) groups excluding carboxylic acids is 1. The highest BCUT2D eigenvalue weighted by molar-refractivity contribution is 7.22. The number of carbonyl (C=O) groups is 1. The molecule has 1 fully saturated rings. The van der Waals surface area contributed by atoms with Gasteiger partial charge in [0.15, 0.2) is 5.13 Å². The number of hydrogen-bond acceptors (Lipinski definition) is 6. The van der Waals surface area contributed by atoms with Gasteiger partial charge in [0, 0.05) is 37.3 Å². The van der Waals surface area contributed by atoms with Crippen LogP contribution in [0.2, 0.25) is 10.0 Å². The molecular weight excluding hydrogens is 423 g/mol. The van der Waals surface area contributed by atoms with E-state index in [9.17, 15) is 14.9 Å². The summed E-state index contributed by atoms with van der Waals surface area (Å²) in [5, 5.41) is 13.0. The van der Waals surface area contributed by atoms with Gasteiger partial charge in [-0.15, -0.1) is 0 Å². The van der Waals surface area contributed by atoms with E-state index in [4.69, 9.17) is 23.2 Å². The topological polar surface area (TPSA) is 79.6 Å². The van der Waals surface area contributed by atoms with Gasteiger partial charge in [0.05, 0.1) is 14.6 Å². The Balaban J connectivity index is 1.51. The van der Waals surface area contributed by atoms with Crippen LogP contribution in [-0.2, 0) is 0 Å². The fourth-order valence-electron chi connectivity index (χ4n) is 3.15. The van der Waals surface area contributed by atoms with Crippen LogP contribution in [0.3, 0.4) is 0 Å². The normalized spacial score (nSPS) is 14.5. The van der Waals surface area contributed by atoms with Crippen LogP contribution in [0.1, 0.15) is 10.4 Å². The minimum Gasteiger partial charge on any atom is -0.345 e. The summed E-state index contributed by atoms with van der Waals surface area (Å²) < 4.78 is 1.01. The molecule has 0 aliphatic carbocycles. The van der Waals surface area contributed by atoms with Crippen molar-refractivity contribution < 1.29 is 9.72 Å². The quantitative estimate of drug-likeness (QED) is 0.446. The largest absolute Gasteiger partial charge is 0.345 e. The molecule has 0 radical (unpaired) electrons. The number of thiazole rings is 1. The number of aromatic nitrogens is 1. The van der Waals surface area contributed by atoms with E-state index in [2.05, 4.69) is 9.88 Å². The highest BCUT2D eigenvalue weighted by Crippen LogP contribution is 2.33. The van der Waals surface area contributed by atoms with Crippen LogP contribution in [0, 0.1) is 10.1 Å². The Kier molecular flexibility index (Phi) is 5.09. The van der Waals surface area contributed by atoms with E-state index in [1.165, 1.54) is 18.2 Å². The third-order valence-corrected chi connectivity index (χ3v) is 6.20. The fraction of sp³-hybridized carbons (Fsp3) is 0.222. The molecule has 1 aliphatic heterocycles. The average molecular weight is 437 g/mol. The fourth-order valence-corrected chi connectivity index (χ4v) is 4.64. The second-order valence-corrected chi connectivity index (χ2v) is 8.13. The van der Waals surface area contributed by atoms with Crippen LogP contribution in [0.25, 0.3) is 10.2 Å². The zero-order valence-electron chi connectivity index (χ0n) is 14.5. The molecule has 0 atom stereocenters. The lowest BCUT2D eigenvalue weighted by molar-refractivity contribution is -0.385. The Hall–Kier alpha value is -2.42.